The molecule has 3 rings (SSSR count). The van der Waals surface area contributed by atoms with E-state index in [9.17, 15) is 4.79 Å². The third-order valence-corrected chi connectivity index (χ3v) is 3.55. The molecule has 1 atom stereocenters. The van der Waals surface area contributed by atoms with Gasteiger partial charge in [-0.25, -0.2) is 4.99 Å². The Hall–Kier alpha value is -1.00. The number of hydrogen-bond donors (Lipinski definition) is 0. The molecule has 16 heavy (non-hydrogen) atoms. The highest BCUT2D eigenvalue weighted by atomic mass is 35.5. The van der Waals surface area contributed by atoms with Gasteiger partial charge in [-0.3, -0.25) is 9.69 Å². The standard InChI is InChI=1S/C11H9ClN2OS/c12-7-2-1-3-8-9(7)10(15)14(6-4-5-6)11(16)13-8/h1-3,6,9H,4-5H2. The molecule has 2 aliphatic carbocycles. The van der Waals surface area contributed by atoms with Crippen LogP contribution in [0.25, 0.3) is 0 Å². The minimum Gasteiger partial charge on any atom is -0.283 e. The lowest BCUT2D eigenvalue weighted by atomic mass is 9.95. The van der Waals surface area contributed by atoms with Gasteiger partial charge in [0.1, 0.15) is 5.92 Å². The molecule has 1 aliphatic heterocycles. The highest BCUT2D eigenvalue weighted by Gasteiger charge is 2.43. The van der Waals surface area contributed by atoms with Crippen LogP contribution in [-0.4, -0.2) is 27.7 Å². The highest BCUT2D eigenvalue weighted by molar-refractivity contribution is 7.80. The van der Waals surface area contributed by atoms with Crippen LogP contribution in [0, 0.1) is 5.92 Å². The summed E-state index contributed by atoms with van der Waals surface area (Å²) >= 11 is 11.2. The van der Waals surface area contributed by atoms with Gasteiger partial charge < -0.3 is 0 Å². The molecule has 5 heteroatoms. The zero-order chi connectivity index (χ0) is 11.3. The third kappa shape index (κ3) is 1.44. The Bertz CT molecular complexity index is 476. The molecule has 3 nitrogen and oxygen atoms in total. The second-order valence-electron chi connectivity index (χ2n) is 4.10. The molecule has 0 aromatic rings. The molecule has 1 unspecified atom stereocenters. The van der Waals surface area contributed by atoms with Crippen molar-refractivity contribution >= 4 is 40.6 Å². The Morgan fingerprint density at radius 2 is 2.25 bits per heavy atom. The molecule has 0 bridgehead atoms. The van der Waals surface area contributed by atoms with Crippen molar-refractivity contribution in [3.8, 4) is 0 Å². The lowest BCUT2D eigenvalue weighted by Crippen LogP contribution is -2.47. The van der Waals surface area contributed by atoms with Crippen LogP contribution in [-0.2, 0) is 4.79 Å². The van der Waals surface area contributed by atoms with Crippen LogP contribution in [0.5, 0.6) is 0 Å². The number of rotatable bonds is 1. The largest absolute Gasteiger partial charge is 0.283 e. The first kappa shape index (κ1) is 10.2. The fourth-order valence-electron chi connectivity index (χ4n) is 1.99. The molecular formula is C11H9ClN2OS. The number of fused-ring (bicyclic) bond motifs is 1. The van der Waals surface area contributed by atoms with Crippen molar-refractivity contribution in [3.05, 3.63) is 23.3 Å². The minimum atomic E-state index is -0.432. The Kier molecular flexibility index (Phi) is 2.23. The van der Waals surface area contributed by atoms with Gasteiger partial charge >= 0.3 is 0 Å². The Labute approximate surface area is 103 Å². The molecule has 3 aliphatic rings. The molecule has 0 saturated heterocycles. The molecule has 1 fully saturated rings. The van der Waals surface area contributed by atoms with Crippen molar-refractivity contribution in [2.75, 3.05) is 0 Å². The van der Waals surface area contributed by atoms with Crippen LogP contribution in [0.2, 0.25) is 0 Å². The summed E-state index contributed by atoms with van der Waals surface area (Å²) in [6.07, 6.45) is 7.36. The van der Waals surface area contributed by atoms with E-state index < -0.39 is 5.92 Å². The van der Waals surface area contributed by atoms with Gasteiger partial charge in [-0.2, -0.15) is 0 Å². The van der Waals surface area contributed by atoms with E-state index in [0.29, 0.717) is 15.9 Å². The van der Waals surface area contributed by atoms with Crippen LogP contribution in [0.1, 0.15) is 12.8 Å². The zero-order valence-corrected chi connectivity index (χ0v) is 9.96. The Morgan fingerprint density at radius 3 is 2.94 bits per heavy atom. The quantitative estimate of drug-likeness (QED) is 0.669. The molecule has 0 aromatic heterocycles. The van der Waals surface area contributed by atoms with Crippen molar-refractivity contribution in [1.29, 1.82) is 0 Å². The molecule has 0 N–H and O–H groups in total. The molecule has 0 aromatic carbocycles. The van der Waals surface area contributed by atoms with Crippen LogP contribution in [0.4, 0.5) is 0 Å². The van der Waals surface area contributed by atoms with Crippen LogP contribution in [0.3, 0.4) is 0 Å². The van der Waals surface area contributed by atoms with E-state index in [4.69, 9.17) is 23.8 Å². The first-order valence-electron chi connectivity index (χ1n) is 5.18. The molecule has 0 spiro atoms. The SMILES string of the molecule is O=C1C2C(Cl)=CC=CC2=NC(=S)N1C1CC1. The summed E-state index contributed by atoms with van der Waals surface area (Å²) in [4.78, 5) is 18.2. The predicted molar refractivity (Wildman–Crippen MR) is 66.5 cm³/mol. The van der Waals surface area contributed by atoms with Gasteiger partial charge in [0.05, 0.1) is 5.71 Å². The summed E-state index contributed by atoms with van der Waals surface area (Å²) in [7, 11) is 0. The molecule has 1 saturated carbocycles. The van der Waals surface area contributed by atoms with Crippen molar-refractivity contribution in [2.45, 2.75) is 18.9 Å². The van der Waals surface area contributed by atoms with Crippen LogP contribution in [0.15, 0.2) is 28.3 Å². The normalized spacial score (nSPS) is 28.8. The van der Waals surface area contributed by atoms with Crippen LogP contribution >= 0.6 is 23.8 Å². The van der Waals surface area contributed by atoms with E-state index in [1.165, 1.54) is 0 Å². The van der Waals surface area contributed by atoms with Gasteiger partial charge in [0.2, 0.25) is 11.0 Å². The second-order valence-corrected chi connectivity index (χ2v) is 4.90. The van der Waals surface area contributed by atoms with E-state index in [2.05, 4.69) is 4.99 Å². The smallest absolute Gasteiger partial charge is 0.243 e. The molecular weight excluding hydrogens is 244 g/mol. The van der Waals surface area contributed by atoms with Gasteiger partial charge in [0.15, 0.2) is 0 Å². The second kappa shape index (κ2) is 3.50. The van der Waals surface area contributed by atoms with E-state index in [-0.39, 0.29) is 11.9 Å². The molecule has 1 amide bonds. The van der Waals surface area contributed by atoms with E-state index in [0.717, 1.165) is 12.8 Å². The summed E-state index contributed by atoms with van der Waals surface area (Å²) in [6, 6.07) is 0.251. The average Bonchev–Trinajstić information content (AvgIpc) is 3.01. The number of halogens is 1. The van der Waals surface area contributed by atoms with Gasteiger partial charge in [-0.15, -0.1) is 0 Å². The van der Waals surface area contributed by atoms with Gasteiger partial charge in [-0.1, -0.05) is 17.7 Å². The summed E-state index contributed by atoms with van der Waals surface area (Å²) in [5.41, 5.74) is 0.666. The number of carbonyl (C=O) groups excluding carboxylic acids is 1. The molecule has 1 heterocycles. The number of thiocarbonyl (C=S) groups is 1. The maximum atomic E-state index is 12.3. The zero-order valence-electron chi connectivity index (χ0n) is 8.39. The first-order valence-corrected chi connectivity index (χ1v) is 5.96. The fourth-order valence-corrected chi connectivity index (χ4v) is 2.61. The van der Waals surface area contributed by atoms with E-state index >= 15 is 0 Å². The maximum Gasteiger partial charge on any atom is 0.243 e. The predicted octanol–water partition coefficient (Wildman–Crippen LogP) is 2.03. The van der Waals surface area contributed by atoms with Gasteiger partial charge in [0.25, 0.3) is 0 Å². The number of nitrogens with zero attached hydrogens (tertiary/aromatic N) is 2. The fraction of sp³-hybridized carbons (Fsp3) is 0.364. The van der Waals surface area contributed by atoms with Gasteiger partial charge in [-0.05, 0) is 37.2 Å². The lowest BCUT2D eigenvalue weighted by Gasteiger charge is -2.31. The van der Waals surface area contributed by atoms with Gasteiger partial charge in [0, 0.05) is 11.1 Å². The van der Waals surface area contributed by atoms with E-state index in [1.54, 1.807) is 23.1 Å². The van der Waals surface area contributed by atoms with Crippen molar-refractivity contribution in [2.24, 2.45) is 10.9 Å². The third-order valence-electron chi connectivity index (χ3n) is 2.92. The number of carbonyl (C=O) groups is 1. The first-order chi connectivity index (χ1) is 7.68. The van der Waals surface area contributed by atoms with Crippen molar-refractivity contribution in [1.82, 2.24) is 4.90 Å². The topological polar surface area (TPSA) is 32.7 Å². The van der Waals surface area contributed by atoms with Crippen molar-refractivity contribution < 1.29 is 4.79 Å². The Balaban J connectivity index is 2.04. The number of allylic oxidation sites excluding steroid dienone is 3. The minimum absolute atomic E-state index is 0.0249. The highest BCUT2D eigenvalue weighted by Crippen LogP contribution is 2.35. The summed E-state index contributed by atoms with van der Waals surface area (Å²) in [5, 5.41) is 0.911. The average molecular weight is 253 g/mol. The lowest BCUT2D eigenvalue weighted by molar-refractivity contribution is -0.129. The summed E-state index contributed by atoms with van der Waals surface area (Å²) in [6.45, 7) is 0. The molecule has 0 radical (unpaired) electrons. The number of amides is 1. The summed E-state index contributed by atoms with van der Waals surface area (Å²) in [5.74, 6) is -0.456. The monoisotopic (exact) mass is 252 g/mol. The van der Waals surface area contributed by atoms with E-state index in [1.807, 2.05) is 0 Å². The number of aliphatic imine (C=N–C) groups is 1. The summed E-state index contributed by atoms with van der Waals surface area (Å²) < 4.78 is 0. The number of hydrogen-bond acceptors (Lipinski definition) is 2. The maximum absolute atomic E-state index is 12.3. The molecule has 82 valence electrons. The Morgan fingerprint density at radius 1 is 1.50 bits per heavy atom. The van der Waals surface area contributed by atoms with Crippen LogP contribution < -0.4 is 0 Å². The van der Waals surface area contributed by atoms with Crippen molar-refractivity contribution in [3.63, 3.8) is 0 Å².